The van der Waals surface area contributed by atoms with Gasteiger partial charge in [0.25, 0.3) is 7.59 Å². The molecule has 0 unspecified atom stereocenters. The van der Waals surface area contributed by atoms with Crippen molar-refractivity contribution in [3.05, 3.63) is 35.9 Å². The smallest absolute Gasteiger partial charge is 0.270 e. The van der Waals surface area contributed by atoms with Crippen molar-refractivity contribution in [2.24, 2.45) is 0 Å². The zero-order valence-electron chi connectivity index (χ0n) is 11.3. The van der Waals surface area contributed by atoms with E-state index in [2.05, 4.69) is 0 Å². The van der Waals surface area contributed by atoms with E-state index in [0.29, 0.717) is 6.54 Å². The van der Waals surface area contributed by atoms with Crippen LogP contribution in [0.4, 0.5) is 0 Å². The molecule has 4 nitrogen and oxygen atoms in total. The van der Waals surface area contributed by atoms with Crippen molar-refractivity contribution in [3.63, 3.8) is 0 Å². The molecule has 5 heteroatoms. The van der Waals surface area contributed by atoms with E-state index in [0.717, 1.165) is 0 Å². The third kappa shape index (κ3) is 3.17. The zero-order chi connectivity index (χ0) is 13.1. The molecular weight excluding hydrogens is 233 g/mol. The molecule has 17 heavy (non-hydrogen) atoms. The molecule has 0 aliphatic heterocycles. The molecule has 0 saturated carbocycles. The third-order valence-electron chi connectivity index (χ3n) is 2.74. The molecular formula is C12H22N3OP. The molecule has 0 aliphatic carbocycles. The molecule has 0 N–H and O–H groups in total. The molecule has 0 heterocycles. The summed E-state index contributed by atoms with van der Waals surface area (Å²) < 4.78 is 18.4. The fraction of sp³-hybridized carbons (Fsp3) is 0.500. The second-order valence-electron chi connectivity index (χ2n) is 4.51. The van der Waals surface area contributed by atoms with Gasteiger partial charge >= 0.3 is 0 Å². The van der Waals surface area contributed by atoms with Gasteiger partial charge in [-0.15, -0.1) is 0 Å². The summed E-state index contributed by atoms with van der Waals surface area (Å²) in [5.41, 5.74) is 1.17. The minimum Gasteiger partial charge on any atom is -0.270 e. The van der Waals surface area contributed by atoms with Crippen LogP contribution in [0, 0.1) is 0 Å². The molecule has 0 bridgehead atoms. The summed E-state index contributed by atoms with van der Waals surface area (Å²) in [6.07, 6.45) is 0. The predicted molar refractivity (Wildman–Crippen MR) is 72.9 cm³/mol. The summed E-state index contributed by atoms with van der Waals surface area (Å²) in [5, 5.41) is 0. The Labute approximate surface area is 104 Å². The molecule has 96 valence electrons. The summed E-state index contributed by atoms with van der Waals surface area (Å²) >= 11 is 0. The Balaban J connectivity index is 2.88. The molecule has 0 aromatic heterocycles. The van der Waals surface area contributed by atoms with Crippen LogP contribution in [0.1, 0.15) is 5.56 Å². The zero-order valence-corrected chi connectivity index (χ0v) is 12.2. The Kier molecular flexibility index (Phi) is 4.90. The quantitative estimate of drug-likeness (QED) is 0.755. The van der Waals surface area contributed by atoms with Crippen molar-refractivity contribution < 1.29 is 4.57 Å². The van der Waals surface area contributed by atoms with E-state index in [1.807, 2.05) is 70.2 Å². The summed E-state index contributed by atoms with van der Waals surface area (Å²) in [7, 11) is 6.67. The van der Waals surface area contributed by atoms with Gasteiger partial charge in [0.15, 0.2) is 0 Å². The highest BCUT2D eigenvalue weighted by Crippen LogP contribution is 2.52. The minimum absolute atomic E-state index is 0.675. The maximum atomic E-state index is 12.9. The normalized spacial score (nSPS) is 12.7. The van der Waals surface area contributed by atoms with Crippen LogP contribution in [0.3, 0.4) is 0 Å². The topological polar surface area (TPSA) is 26.8 Å². The van der Waals surface area contributed by atoms with Gasteiger partial charge in [-0.1, -0.05) is 30.3 Å². The lowest BCUT2D eigenvalue weighted by atomic mass is 10.2. The SMILES string of the molecule is CN(C)P(=O)(N(C)C)N(C)Cc1ccccc1. The molecule has 0 fully saturated rings. The van der Waals surface area contributed by atoms with E-state index in [1.54, 1.807) is 9.34 Å². The summed E-state index contributed by atoms with van der Waals surface area (Å²) in [4.78, 5) is 0. The van der Waals surface area contributed by atoms with E-state index < -0.39 is 7.59 Å². The van der Waals surface area contributed by atoms with Crippen LogP contribution in [0.15, 0.2) is 30.3 Å². The average Bonchev–Trinajstić information content (AvgIpc) is 2.28. The molecule has 0 aliphatic rings. The van der Waals surface area contributed by atoms with Crippen molar-refractivity contribution in [2.45, 2.75) is 6.54 Å². The highest BCUT2D eigenvalue weighted by atomic mass is 31.2. The van der Waals surface area contributed by atoms with Crippen LogP contribution in [0.5, 0.6) is 0 Å². The van der Waals surface area contributed by atoms with Gasteiger partial charge < -0.3 is 0 Å². The standard InChI is InChI=1S/C12H22N3OP/c1-13(2)17(16,14(3)4)15(5)11-12-9-7-6-8-10-12/h6-10H,11H2,1-5H3. The monoisotopic (exact) mass is 255 g/mol. The predicted octanol–water partition coefficient (Wildman–Crippen LogP) is 2.35. The van der Waals surface area contributed by atoms with E-state index in [9.17, 15) is 4.57 Å². The van der Waals surface area contributed by atoms with Gasteiger partial charge in [0.2, 0.25) is 0 Å². The van der Waals surface area contributed by atoms with Crippen LogP contribution in [0.2, 0.25) is 0 Å². The Hall–Kier alpha value is -0.670. The highest BCUT2D eigenvalue weighted by Gasteiger charge is 2.32. The number of nitrogens with zero attached hydrogens (tertiary/aromatic N) is 3. The molecule has 1 aromatic carbocycles. The Morgan fingerprint density at radius 3 is 1.82 bits per heavy atom. The second kappa shape index (κ2) is 5.78. The lowest BCUT2D eigenvalue weighted by molar-refractivity contribution is 0.354. The Morgan fingerprint density at radius 1 is 0.941 bits per heavy atom. The molecule has 1 aromatic rings. The van der Waals surface area contributed by atoms with Gasteiger partial charge in [0.1, 0.15) is 0 Å². The fourth-order valence-electron chi connectivity index (χ4n) is 1.91. The van der Waals surface area contributed by atoms with Crippen LogP contribution in [-0.4, -0.2) is 49.2 Å². The van der Waals surface area contributed by atoms with Gasteiger partial charge in [0, 0.05) is 6.54 Å². The van der Waals surface area contributed by atoms with Crippen molar-refractivity contribution in [1.82, 2.24) is 14.0 Å². The van der Waals surface area contributed by atoms with Crippen molar-refractivity contribution in [1.29, 1.82) is 0 Å². The second-order valence-corrected chi connectivity index (χ2v) is 7.82. The first kappa shape index (κ1) is 14.4. The van der Waals surface area contributed by atoms with Crippen LogP contribution in [0.25, 0.3) is 0 Å². The van der Waals surface area contributed by atoms with E-state index in [4.69, 9.17) is 0 Å². The summed E-state index contributed by atoms with van der Waals surface area (Å²) in [6.45, 7) is 0.675. The van der Waals surface area contributed by atoms with Gasteiger partial charge in [-0.05, 0) is 40.8 Å². The van der Waals surface area contributed by atoms with Gasteiger partial charge in [0.05, 0.1) is 0 Å². The van der Waals surface area contributed by atoms with Gasteiger partial charge in [-0.25, -0.2) is 14.0 Å². The Bertz CT molecular complexity index is 380. The fourth-order valence-corrected chi connectivity index (χ4v) is 4.19. The van der Waals surface area contributed by atoms with Gasteiger partial charge in [-0.2, -0.15) is 0 Å². The van der Waals surface area contributed by atoms with Crippen molar-refractivity contribution >= 4 is 7.59 Å². The number of benzene rings is 1. The maximum absolute atomic E-state index is 12.9. The van der Waals surface area contributed by atoms with Crippen molar-refractivity contribution in [2.75, 3.05) is 35.2 Å². The minimum atomic E-state index is -2.62. The number of hydrogen-bond donors (Lipinski definition) is 0. The summed E-state index contributed by atoms with van der Waals surface area (Å²) in [6, 6.07) is 10.1. The summed E-state index contributed by atoms with van der Waals surface area (Å²) in [5.74, 6) is 0. The van der Waals surface area contributed by atoms with E-state index in [-0.39, 0.29) is 0 Å². The molecule has 0 atom stereocenters. The first-order chi connectivity index (χ1) is 7.89. The number of hydrogen-bond acceptors (Lipinski definition) is 1. The van der Waals surface area contributed by atoms with Crippen LogP contribution in [-0.2, 0) is 11.1 Å². The molecule has 0 radical (unpaired) electrons. The molecule has 0 amide bonds. The lowest BCUT2D eigenvalue weighted by Gasteiger charge is -2.37. The average molecular weight is 255 g/mol. The first-order valence-corrected chi connectivity index (χ1v) is 7.16. The van der Waals surface area contributed by atoms with E-state index >= 15 is 0 Å². The lowest BCUT2D eigenvalue weighted by Crippen LogP contribution is -2.32. The molecule has 0 saturated heterocycles. The largest absolute Gasteiger partial charge is 0.285 e. The Morgan fingerprint density at radius 2 is 1.41 bits per heavy atom. The van der Waals surface area contributed by atoms with Crippen LogP contribution < -0.4 is 0 Å². The van der Waals surface area contributed by atoms with Crippen LogP contribution >= 0.6 is 7.59 Å². The van der Waals surface area contributed by atoms with Gasteiger partial charge in [-0.3, -0.25) is 4.57 Å². The van der Waals surface area contributed by atoms with E-state index in [1.165, 1.54) is 5.56 Å². The first-order valence-electron chi connectivity index (χ1n) is 5.60. The molecule has 1 rings (SSSR count). The molecule has 0 spiro atoms. The van der Waals surface area contributed by atoms with Crippen molar-refractivity contribution in [3.8, 4) is 0 Å². The number of rotatable bonds is 5. The highest BCUT2D eigenvalue weighted by molar-refractivity contribution is 7.56. The third-order valence-corrected chi connectivity index (χ3v) is 5.86. The maximum Gasteiger partial charge on any atom is 0.285 e.